The first-order valence-corrected chi connectivity index (χ1v) is 15.6. The Labute approximate surface area is 195 Å². The van der Waals surface area contributed by atoms with Crippen LogP contribution in [-0.2, 0) is 0 Å². The van der Waals surface area contributed by atoms with Gasteiger partial charge in [-0.15, -0.1) is 0 Å². The van der Waals surface area contributed by atoms with Gasteiger partial charge in [0.2, 0.25) is 0 Å². The molecule has 0 bridgehead atoms. The molecule has 4 aromatic carbocycles. The molecule has 0 spiro atoms. The van der Waals surface area contributed by atoms with Gasteiger partial charge in [0.05, 0.1) is 0 Å². The molecule has 0 N–H and O–H groups in total. The van der Waals surface area contributed by atoms with Crippen LogP contribution in [0.15, 0.2) is 97.1 Å². The van der Waals surface area contributed by atoms with Gasteiger partial charge in [0.1, 0.15) is 0 Å². The molecular weight excluding hydrogens is 552 g/mol. The maximum absolute atomic E-state index is 6.23. The van der Waals surface area contributed by atoms with E-state index in [1.54, 1.807) is 0 Å². The average Bonchev–Trinajstić information content (AvgIpc) is 2.73. The predicted molar refractivity (Wildman–Crippen MR) is 130 cm³/mol. The van der Waals surface area contributed by atoms with Crippen molar-refractivity contribution < 1.29 is 0 Å². The molecule has 0 fully saturated rings. The van der Waals surface area contributed by atoms with Gasteiger partial charge in [0.25, 0.3) is 0 Å². The Morgan fingerprint density at radius 2 is 0.483 bits per heavy atom. The molecule has 0 amide bonds. The first-order valence-electron chi connectivity index (χ1n) is 8.94. The molecule has 4 aromatic rings. The Morgan fingerprint density at radius 3 is 0.655 bits per heavy atom. The zero-order valence-corrected chi connectivity index (χ0v) is 20.8. The first kappa shape index (κ1) is 21.1. The molecule has 0 aromatic heterocycles. The topological polar surface area (TPSA) is 0 Å². The van der Waals surface area contributed by atoms with Gasteiger partial charge in [-0.1, -0.05) is 0 Å². The van der Waals surface area contributed by atoms with Gasteiger partial charge < -0.3 is 0 Å². The van der Waals surface area contributed by atoms with Crippen LogP contribution in [0.1, 0.15) is 0 Å². The van der Waals surface area contributed by atoms with E-state index < -0.39 is 18.8 Å². The van der Waals surface area contributed by atoms with Crippen molar-refractivity contribution in [2.75, 3.05) is 0 Å². The molecule has 0 aliphatic rings. The fourth-order valence-electron chi connectivity index (χ4n) is 3.55. The van der Waals surface area contributed by atoms with E-state index >= 15 is 0 Å². The van der Waals surface area contributed by atoms with Crippen molar-refractivity contribution >= 4 is 79.2 Å². The van der Waals surface area contributed by atoms with E-state index in [1.807, 2.05) is 48.5 Å². The predicted octanol–water partition coefficient (Wildman–Crippen LogP) is 5.68. The van der Waals surface area contributed by atoms with E-state index in [4.69, 9.17) is 46.4 Å². The summed E-state index contributed by atoms with van der Waals surface area (Å²) in [4.78, 5) is 0. The quantitative estimate of drug-likeness (QED) is 0.279. The average molecular weight is 568 g/mol. The van der Waals surface area contributed by atoms with Crippen LogP contribution in [-0.4, -0.2) is 18.8 Å². The van der Waals surface area contributed by atoms with Crippen molar-refractivity contribution in [3.05, 3.63) is 117 Å². The Bertz CT molecular complexity index is 916. The molecule has 0 radical (unpaired) electrons. The molecule has 0 saturated heterocycles. The van der Waals surface area contributed by atoms with Gasteiger partial charge in [-0.2, -0.15) is 0 Å². The summed E-state index contributed by atoms with van der Waals surface area (Å²) in [6.45, 7) is 0. The summed E-state index contributed by atoms with van der Waals surface area (Å²) in [6.07, 6.45) is 0. The SMILES string of the molecule is Clc1cc[c]([Sb+]([c]2ccc(Cl)cc2)([c]2ccc(Cl)cc2)[c]2ccc(Cl)cc2)cc1. The van der Waals surface area contributed by atoms with Gasteiger partial charge >= 0.3 is 196 Å². The Morgan fingerprint density at radius 1 is 0.310 bits per heavy atom. The maximum atomic E-state index is 6.23. The van der Waals surface area contributed by atoms with Crippen LogP contribution >= 0.6 is 46.4 Å². The van der Waals surface area contributed by atoms with E-state index in [9.17, 15) is 0 Å². The van der Waals surface area contributed by atoms with Gasteiger partial charge in [-0.3, -0.25) is 0 Å². The molecule has 4 rings (SSSR count). The number of benzene rings is 4. The zero-order valence-electron chi connectivity index (χ0n) is 15.2. The Kier molecular flexibility index (Phi) is 6.49. The van der Waals surface area contributed by atoms with Crippen molar-refractivity contribution in [3.8, 4) is 0 Å². The molecule has 0 aliphatic heterocycles. The number of hydrogen-bond acceptors (Lipinski definition) is 0. The van der Waals surface area contributed by atoms with E-state index in [-0.39, 0.29) is 0 Å². The van der Waals surface area contributed by atoms with E-state index in [0.717, 1.165) is 20.1 Å². The molecule has 0 aliphatic carbocycles. The summed E-state index contributed by atoms with van der Waals surface area (Å²) in [5, 5.41) is 2.87. The van der Waals surface area contributed by atoms with Crippen LogP contribution in [0.2, 0.25) is 20.1 Å². The normalized spacial score (nSPS) is 11.4. The Balaban J connectivity index is 2.11. The van der Waals surface area contributed by atoms with Crippen molar-refractivity contribution in [2.45, 2.75) is 0 Å². The third-order valence-corrected chi connectivity index (χ3v) is 18.1. The Hall–Kier alpha value is -1.14. The van der Waals surface area contributed by atoms with Gasteiger partial charge in [0.15, 0.2) is 0 Å². The molecule has 5 heteroatoms. The van der Waals surface area contributed by atoms with Crippen LogP contribution in [0.25, 0.3) is 0 Å². The van der Waals surface area contributed by atoms with Crippen molar-refractivity contribution in [1.82, 2.24) is 0 Å². The molecule has 0 nitrogen and oxygen atoms in total. The molecule has 0 heterocycles. The molecule has 0 atom stereocenters. The second kappa shape index (κ2) is 8.92. The van der Waals surface area contributed by atoms with Gasteiger partial charge in [-0.05, 0) is 0 Å². The van der Waals surface area contributed by atoms with E-state index in [2.05, 4.69) is 48.5 Å². The molecule has 0 saturated carbocycles. The molecule has 144 valence electrons. The molecular formula is C24H16Cl4Sb+. The van der Waals surface area contributed by atoms with E-state index in [0.29, 0.717) is 0 Å². The second-order valence-electron chi connectivity index (χ2n) is 6.58. The van der Waals surface area contributed by atoms with Gasteiger partial charge in [0, 0.05) is 0 Å². The van der Waals surface area contributed by atoms with Crippen LogP contribution in [0.5, 0.6) is 0 Å². The minimum absolute atomic E-state index is 0.718. The van der Waals surface area contributed by atoms with Crippen LogP contribution in [0, 0.1) is 0 Å². The van der Waals surface area contributed by atoms with E-state index in [1.165, 1.54) is 14.0 Å². The summed E-state index contributed by atoms with van der Waals surface area (Å²) < 4.78 is 5.11. The van der Waals surface area contributed by atoms with Crippen molar-refractivity contribution in [3.63, 3.8) is 0 Å². The minimum atomic E-state index is -3.52. The summed E-state index contributed by atoms with van der Waals surface area (Å²) in [7, 11) is 0. The third-order valence-electron chi connectivity index (χ3n) is 4.86. The number of halogens is 4. The molecule has 0 unspecified atom stereocenters. The van der Waals surface area contributed by atoms with Crippen LogP contribution in [0.4, 0.5) is 0 Å². The summed E-state index contributed by atoms with van der Waals surface area (Å²) >= 11 is 21.4. The van der Waals surface area contributed by atoms with Crippen LogP contribution in [0.3, 0.4) is 0 Å². The van der Waals surface area contributed by atoms with Crippen molar-refractivity contribution in [1.29, 1.82) is 0 Å². The first-order chi connectivity index (χ1) is 14.0. The fourth-order valence-corrected chi connectivity index (χ4v) is 16.0. The molecule has 29 heavy (non-hydrogen) atoms. The van der Waals surface area contributed by atoms with Crippen molar-refractivity contribution in [2.24, 2.45) is 0 Å². The van der Waals surface area contributed by atoms with Gasteiger partial charge in [-0.25, -0.2) is 0 Å². The van der Waals surface area contributed by atoms with Crippen LogP contribution < -0.4 is 14.0 Å². The standard InChI is InChI=1S/4C6H4Cl.Sb/c4*7-6-4-2-1-3-5-6;/h4*2-5H;/q;;;;+1. The summed E-state index contributed by atoms with van der Waals surface area (Å²) in [5.74, 6) is 0. The number of hydrogen-bond donors (Lipinski definition) is 0. The fraction of sp³-hybridized carbons (Fsp3) is 0. The zero-order chi connectivity index (χ0) is 20.4. The monoisotopic (exact) mass is 565 g/mol. The third kappa shape index (κ3) is 4.20. The second-order valence-corrected chi connectivity index (χ2v) is 18.0. The number of rotatable bonds is 4. The summed E-state index contributed by atoms with van der Waals surface area (Å²) in [6, 6.07) is 32.8. The summed E-state index contributed by atoms with van der Waals surface area (Å²) in [5.41, 5.74) is 0.